The van der Waals surface area contributed by atoms with Crippen LogP contribution < -0.4 is 10.1 Å². The Labute approximate surface area is 120 Å². The van der Waals surface area contributed by atoms with Gasteiger partial charge in [-0.15, -0.1) is 0 Å². The van der Waals surface area contributed by atoms with E-state index in [1.54, 1.807) is 18.2 Å². The molecule has 2 nitrogen and oxygen atoms in total. The predicted molar refractivity (Wildman–Crippen MR) is 78.9 cm³/mol. The SMILES string of the molecule is CC(C)CCCNCCOc1cc(Cl)ccc1Cl. The number of halogens is 2. The zero-order valence-electron chi connectivity index (χ0n) is 11.0. The second kappa shape index (κ2) is 8.63. The van der Waals surface area contributed by atoms with Gasteiger partial charge in [0.25, 0.3) is 0 Å². The Hall–Kier alpha value is -0.440. The fourth-order valence-corrected chi connectivity index (χ4v) is 1.92. The summed E-state index contributed by atoms with van der Waals surface area (Å²) in [4.78, 5) is 0. The first kappa shape index (κ1) is 15.6. The van der Waals surface area contributed by atoms with Crippen molar-refractivity contribution in [2.45, 2.75) is 26.7 Å². The summed E-state index contributed by atoms with van der Waals surface area (Å²) in [6.07, 6.45) is 2.46. The van der Waals surface area contributed by atoms with Crippen molar-refractivity contribution >= 4 is 23.2 Å². The van der Waals surface area contributed by atoms with E-state index in [1.165, 1.54) is 12.8 Å². The topological polar surface area (TPSA) is 21.3 Å². The third kappa shape index (κ3) is 6.48. The van der Waals surface area contributed by atoms with Crippen LogP contribution in [0.1, 0.15) is 26.7 Å². The molecule has 1 aromatic carbocycles. The van der Waals surface area contributed by atoms with E-state index in [4.69, 9.17) is 27.9 Å². The number of benzene rings is 1. The lowest BCUT2D eigenvalue weighted by atomic mass is 10.1. The molecule has 1 aromatic rings. The number of nitrogens with one attached hydrogen (secondary N) is 1. The van der Waals surface area contributed by atoms with Gasteiger partial charge in [-0.2, -0.15) is 0 Å². The normalized spacial score (nSPS) is 10.9. The molecule has 0 spiro atoms. The van der Waals surface area contributed by atoms with Gasteiger partial charge in [0.15, 0.2) is 0 Å². The molecule has 1 rings (SSSR count). The summed E-state index contributed by atoms with van der Waals surface area (Å²) in [7, 11) is 0. The first-order valence-corrected chi connectivity index (χ1v) is 7.13. The van der Waals surface area contributed by atoms with Gasteiger partial charge in [0.2, 0.25) is 0 Å². The second-order valence-corrected chi connectivity index (χ2v) is 5.55. The van der Waals surface area contributed by atoms with Crippen LogP contribution in [0.3, 0.4) is 0 Å². The van der Waals surface area contributed by atoms with E-state index >= 15 is 0 Å². The highest BCUT2D eigenvalue weighted by Gasteiger charge is 2.02. The maximum atomic E-state index is 5.99. The lowest BCUT2D eigenvalue weighted by Gasteiger charge is -2.09. The van der Waals surface area contributed by atoms with Crippen LogP contribution in [0, 0.1) is 5.92 Å². The maximum Gasteiger partial charge on any atom is 0.139 e. The molecule has 0 amide bonds. The molecule has 0 bridgehead atoms. The van der Waals surface area contributed by atoms with Crippen molar-refractivity contribution in [3.8, 4) is 5.75 Å². The summed E-state index contributed by atoms with van der Waals surface area (Å²) in [5.41, 5.74) is 0. The van der Waals surface area contributed by atoms with Gasteiger partial charge in [0.1, 0.15) is 12.4 Å². The van der Waals surface area contributed by atoms with Crippen molar-refractivity contribution in [3.05, 3.63) is 28.2 Å². The molecular formula is C14H21Cl2NO. The van der Waals surface area contributed by atoms with Crippen LogP contribution >= 0.6 is 23.2 Å². The smallest absolute Gasteiger partial charge is 0.139 e. The van der Waals surface area contributed by atoms with Crippen molar-refractivity contribution in [2.24, 2.45) is 5.92 Å². The van der Waals surface area contributed by atoms with Crippen LogP contribution in [0.2, 0.25) is 10.0 Å². The molecule has 0 aliphatic heterocycles. The molecule has 1 N–H and O–H groups in total. The van der Waals surface area contributed by atoms with Gasteiger partial charge in [0, 0.05) is 17.6 Å². The second-order valence-electron chi connectivity index (χ2n) is 4.71. The summed E-state index contributed by atoms with van der Waals surface area (Å²) in [5, 5.41) is 4.58. The minimum Gasteiger partial charge on any atom is -0.491 e. The summed E-state index contributed by atoms with van der Waals surface area (Å²) >= 11 is 11.9. The Morgan fingerprint density at radius 2 is 2.00 bits per heavy atom. The highest BCUT2D eigenvalue weighted by molar-refractivity contribution is 6.34. The zero-order chi connectivity index (χ0) is 13.4. The van der Waals surface area contributed by atoms with Gasteiger partial charge >= 0.3 is 0 Å². The summed E-state index contributed by atoms with van der Waals surface area (Å²) in [6, 6.07) is 5.23. The number of ether oxygens (including phenoxy) is 1. The highest BCUT2D eigenvalue weighted by atomic mass is 35.5. The molecule has 102 valence electrons. The van der Waals surface area contributed by atoms with Gasteiger partial charge in [-0.1, -0.05) is 37.0 Å². The fourth-order valence-electron chi connectivity index (χ4n) is 1.58. The summed E-state index contributed by atoms with van der Waals surface area (Å²) in [5.74, 6) is 1.42. The lowest BCUT2D eigenvalue weighted by molar-refractivity contribution is 0.313. The van der Waals surface area contributed by atoms with Crippen molar-refractivity contribution in [3.63, 3.8) is 0 Å². The number of hydrogen-bond donors (Lipinski definition) is 1. The molecule has 0 radical (unpaired) electrons. The van der Waals surface area contributed by atoms with E-state index in [9.17, 15) is 0 Å². The monoisotopic (exact) mass is 289 g/mol. The largest absolute Gasteiger partial charge is 0.491 e. The Morgan fingerprint density at radius 3 is 2.72 bits per heavy atom. The van der Waals surface area contributed by atoms with Crippen LogP contribution in [0.15, 0.2) is 18.2 Å². The van der Waals surface area contributed by atoms with Gasteiger partial charge in [-0.3, -0.25) is 0 Å². The molecule has 0 fully saturated rings. The minimum atomic E-state index is 0.596. The van der Waals surface area contributed by atoms with E-state index in [1.807, 2.05) is 0 Å². The molecule has 0 heterocycles. The number of hydrogen-bond acceptors (Lipinski definition) is 2. The van der Waals surface area contributed by atoms with E-state index in [-0.39, 0.29) is 0 Å². The molecule has 0 aliphatic rings. The van der Waals surface area contributed by atoms with Gasteiger partial charge in [-0.25, -0.2) is 0 Å². The first-order chi connectivity index (χ1) is 8.59. The third-order valence-electron chi connectivity index (χ3n) is 2.56. The van der Waals surface area contributed by atoms with Crippen molar-refractivity contribution in [2.75, 3.05) is 19.7 Å². The average Bonchev–Trinajstić information content (AvgIpc) is 2.32. The molecular weight excluding hydrogens is 269 g/mol. The zero-order valence-corrected chi connectivity index (χ0v) is 12.5. The molecule has 0 saturated carbocycles. The van der Waals surface area contributed by atoms with E-state index < -0.39 is 0 Å². The molecule has 18 heavy (non-hydrogen) atoms. The van der Waals surface area contributed by atoms with Crippen molar-refractivity contribution in [1.82, 2.24) is 5.32 Å². The Balaban J connectivity index is 2.12. The lowest BCUT2D eigenvalue weighted by Crippen LogP contribution is -2.22. The van der Waals surface area contributed by atoms with Gasteiger partial charge in [-0.05, 0) is 37.4 Å². The maximum absolute atomic E-state index is 5.99. The van der Waals surface area contributed by atoms with Crippen LogP contribution in [-0.4, -0.2) is 19.7 Å². The quantitative estimate of drug-likeness (QED) is 0.717. The standard InChI is InChI=1S/C14H21Cl2NO/c1-11(2)4-3-7-17-8-9-18-14-10-12(15)5-6-13(14)16/h5-6,10-11,17H,3-4,7-9H2,1-2H3. The van der Waals surface area contributed by atoms with Crippen LogP contribution in [-0.2, 0) is 0 Å². The number of rotatable bonds is 8. The average molecular weight is 290 g/mol. The molecule has 0 atom stereocenters. The van der Waals surface area contributed by atoms with E-state index in [0.717, 1.165) is 19.0 Å². The van der Waals surface area contributed by atoms with Crippen molar-refractivity contribution in [1.29, 1.82) is 0 Å². The predicted octanol–water partition coefficient (Wildman–Crippen LogP) is 4.40. The molecule has 0 aromatic heterocycles. The van der Waals surface area contributed by atoms with Crippen LogP contribution in [0.5, 0.6) is 5.75 Å². The Morgan fingerprint density at radius 1 is 1.22 bits per heavy atom. The third-order valence-corrected chi connectivity index (χ3v) is 3.11. The van der Waals surface area contributed by atoms with Crippen molar-refractivity contribution < 1.29 is 4.74 Å². The molecule has 0 aliphatic carbocycles. The molecule has 0 unspecified atom stereocenters. The van der Waals surface area contributed by atoms with E-state index in [2.05, 4.69) is 19.2 Å². The minimum absolute atomic E-state index is 0.596. The van der Waals surface area contributed by atoms with Crippen LogP contribution in [0.4, 0.5) is 0 Å². The summed E-state index contributed by atoms with van der Waals surface area (Å²) < 4.78 is 5.57. The Kier molecular flexibility index (Phi) is 7.48. The molecule has 0 saturated heterocycles. The Bertz CT molecular complexity index is 356. The first-order valence-electron chi connectivity index (χ1n) is 6.38. The van der Waals surface area contributed by atoms with E-state index in [0.29, 0.717) is 22.4 Å². The van der Waals surface area contributed by atoms with Gasteiger partial charge < -0.3 is 10.1 Å². The highest BCUT2D eigenvalue weighted by Crippen LogP contribution is 2.27. The van der Waals surface area contributed by atoms with Gasteiger partial charge in [0.05, 0.1) is 5.02 Å². The molecule has 4 heteroatoms. The summed E-state index contributed by atoms with van der Waals surface area (Å²) in [6.45, 7) is 6.93. The fraction of sp³-hybridized carbons (Fsp3) is 0.571. The van der Waals surface area contributed by atoms with Crippen LogP contribution in [0.25, 0.3) is 0 Å².